The first-order valence-corrected chi connectivity index (χ1v) is 2.32. The largest absolute Gasteiger partial charge is 0.465 e. The summed E-state index contributed by atoms with van der Waals surface area (Å²) < 4.78 is 4.29. The van der Waals surface area contributed by atoms with E-state index in [9.17, 15) is 4.79 Å². The standard InChI is InChI=1S/C4H7O2P.3Ar/c1-3(7)4(5)6-2;;;/h7H,1-2H3;;;. The molecule has 0 aliphatic heterocycles. The van der Waals surface area contributed by atoms with Crippen molar-refractivity contribution in [3.05, 3.63) is 0 Å². The Balaban J connectivity index is -0.0000000600. The Morgan fingerprint density at radius 1 is 1.30 bits per heavy atom. The summed E-state index contributed by atoms with van der Waals surface area (Å²) in [5.41, 5.74) is 0. The molecule has 64 valence electrons. The Morgan fingerprint density at radius 3 is 1.60 bits per heavy atom. The van der Waals surface area contributed by atoms with Crippen molar-refractivity contribution in [3.8, 4) is 0 Å². The van der Waals surface area contributed by atoms with Crippen LogP contribution >= 0.6 is 8.86 Å². The van der Waals surface area contributed by atoms with E-state index in [0.717, 1.165) is 0 Å². The summed E-state index contributed by atoms with van der Waals surface area (Å²) in [6.07, 6.45) is 0. The summed E-state index contributed by atoms with van der Waals surface area (Å²) in [5.74, 6) is -0.323. The maximum atomic E-state index is 10.2. The van der Waals surface area contributed by atoms with Gasteiger partial charge in [0, 0.05) is 113 Å². The van der Waals surface area contributed by atoms with E-state index in [-0.39, 0.29) is 119 Å². The zero-order chi connectivity index (χ0) is 5.86. The number of carbonyl (C=O) groups is 1. The summed E-state index contributed by atoms with van der Waals surface area (Å²) in [4.78, 5) is 10.2. The second-order valence-corrected chi connectivity index (χ2v) is 1.87. The van der Waals surface area contributed by atoms with E-state index >= 15 is 0 Å². The molecule has 0 aliphatic carbocycles. The Labute approximate surface area is 153 Å². The Kier molecular flexibility index (Phi) is 34.8. The fourth-order valence-electron chi connectivity index (χ4n) is 0.153. The summed E-state index contributed by atoms with van der Waals surface area (Å²) in [7, 11) is 4.33. The van der Waals surface area contributed by atoms with Gasteiger partial charge in [-0.1, -0.05) is 0 Å². The van der Waals surface area contributed by atoms with Crippen molar-refractivity contribution < 1.29 is 123 Å². The Morgan fingerprint density at radius 2 is 1.60 bits per heavy atom. The predicted octanol–water partition coefficient (Wildman–Crippen LogP) is 0.494. The van der Waals surface area contributed by atoms with Gasteiger partial charge in [0.2, 0.25) is 0 Å². The van der Waals surface area contributed by atoms with Crippen LogP contribution in [0, 0.1) is 113 Å². The molecule has 0 aromatic heterocycles. The topological polar surface area (TPSA) is 26.3 Å². The van der Waals surface area contributed by atoms with Crippen LogP contribution in [0.3, 0.4) is 0 Å². The maximum Gasteiger partial charge on any atom is 0.337 e. The summed E-state index contributed by atoms with van der Waals surface area (Å²) in [6.45, 7) is 1.63. The molecule has 2 nitrogen and oxygen atoms in total. The molecule has 0 amide bonds. The molecule has 0 aromatic carbocycles. The van der Waals surface area contributed by atoms with Gasteiger partial charge < -0.3 is 4.74 Å². The van der Waals surface area contributed by atoms with Gasteiger partial charge in [0.25, 0.3) is 0 Å². The quantitative estimate of drug-likeness (QED) is 0.491. The minimum atomic E-state index is -0.323. The van der Waals surface area contributed by atoms with Crippen molar-refractivity contribution in [2.24, 2.45) is 0 Å². The average Bonchev–Trinajstić information content (AvgIpc) is 1.65. The Bertz CT molecular complexity index is 107. The first-order chi connectivity index (χ1) is 3.18. The number of hydrogen-bond acceptors (Lipinski definition) is 2. The molecule has 0 aliphatic rings. The Hall–Kier alpha value is 3.42. The minimum absolute atomic E-state index is 0. The number of esters is 1. The molecule has 0 fully saturated rings. The SMILES string of the molecule is COC(=O)C(C)=P.[Ar].[Ar].[Ar]. The normalized spacial score (nSPS) is 5.40. The monoisotopic (exact) mass is 238 g/mol. The molecule has 0 bridgehead atoms. The van der Waals surface area contributed by atoms with Crippen LogP contribution in [0.25, 0.3) is 0 Å². The van der Waals surface area contributed by atoms with Gasteiger partial charge >= 0.3 is 5.97 Å². The first-order valence-electron chi connectivity index (χ1n) is 1.82. The van der Waals surface area contributed by atoms with E-state index in [1.807, 2.05) is 0 Å². The molecule has 0 aromatic rings. The number of carbonyl (C=O) groups excluding carboxylic acids is 1. The molecule has 0 atom stereocenters. The van der Waals surface area contributed by atoms with Crippen molar-refractivity contribution >= 4 is 20.1 Å². The van der Waals surface area contributed by atoms with Crippen LogP contribution in [-0.4, -0.2) is 18.4 Å². The van der Waals surface area contributed by atoms with E-state index in [1.165, 1.54) is 7.11 Å². The molecule has 0 N–H and O–H groups in total. The molecule has 0 spiro atoms. The van der Waals surface area contributed by atoms with Gasteiger partial charge in [0.15, 0.2) is 0 Å². The summed E-state index contributed by atoms with van der Waals surface area (Å²) >= 11 is 0. The predicted molar refractivity (Wildman–Crippen MR) is 31.0 cm³/mol. The van der Waals surface area contributed by atoms with E-state index in [4.69, 9.17) is 0 Å². The summed E-state index contributed by atoms with van der Waals surface area (Å²) in [6, 6.07) is 0. The third-order valence-corrected chi connectivity index (χ3v) is 0.696. The van der Waals surface area contributed by atoms with Gasteiger partial charge in [0.1, 0.15) is 0 Å². The van der Waals surface area contributed by atoms with Crippen molar-refractivity contribution in [3.63, 3.8) is 0 Å². The van der Waals surface area contributed by atoms with Crippen LogP contribution in [0.15, 0.2) is 0 Å². The van der Waals surface area contributed by atoms with Crippen molar-refractivity contribution in [2.45, 2.75) is 6.92 Å². The van der Waals surface area contributed by atoms with Crippen LogP contribution < -0.4 is 0 Å². The fraction of sp³-hybridized carbons (Fsp3) is 0.500. The fourth-order valence-corrected chi connectivity index (χ4v) is 0.255. The van der Waals surface area contributed by atoms with Gasteiger partial charge in [0.05, 0.1) is 12.4 Å². The number of ether oxygens (including phenoxy) is 1. The number of rotatable bonds is 1. The molecule has 0 saturated carbocycles. The van der Waals surface area contributed by atoms with Gasteiger partial charge in [-0.05, 0) is 6.92 Å². The molecule has 0 radical (unpaired) electrons. The van der Waals surface area contributed by atoms with Gasteiger partial charge in [-0.2, -0.15) is 0 Å². The number of methoxy groups -OCH3 is 1. The van der Waals surface area contributed by atoms with Crippen molar-refractivity contribution in [1.82, 2.24) is 0 Å². The first kappa shape index (κ1) is 23.3. The molecule has 10 heavy (non-hydrogen) atoms. The maximum absolute atomic E-state index is 10.2. The average molecular weight is 238 g/mol. The molecule has 0 saturated heterocycles. The number of hydrogen-bond donors (Lipinski definition) is 0. The third kappa shape index (κ3) is 14.0. The van der Waals surface area contributed by atoms with E-state index in [1.54, 1.807) is 6.92 Å². The van der Waals surface area contributed by atoms with Gasteiger partial charge in [-0.15, -0.1) is 8.86 Å². The molecular formula is C4H7Ar3O2P. The van der Waals surface area contributed by atoms with Crippen LogP contribution in [0.5, 0.6) is 0 Å². The van der Waals surface area contributed by atoms with Crippen LogP contribution in [-0.2, 0) is 9.53 Å². The van der Waals surface area contributed by atoms with E-state index in [2.05, 4.69) is 13.6 Å². The zero-order valence-electron chi connectivity index (χ0n) is 5.38. The van der Waals surface area contributed by atoms with E-state index < -0.39 is 0 Å². The molecular weight excluding hydrogens is 231 g/mol. The minimum Gasteiger partial charge on any atom is -0.465 e. The third-order valence-electron chi connectivity index (χ3n) is 0.492. The summed E-state index contributed by atoms with van der Waals surface area (Å²) in [5, 5.41) is 0.488. The van der Waals surface area contributed by atoms with Crippen LogP contribution in [0.4, 0.5) is 0 Å². The molecule has 0 unspecified atom stereocenters. The molecule has 6 heteroatoms. The smallest absolute Gasteiger partial charge is 0.337 e. The van der Waals surface area contributed by atoms with Crippen molar-refractivity contribution in [1.29, 1.82) is 0 Å². The molecule has 0 heterocycles. The van der Waals surface area contributed by atoms with Crippen LogP contribution in [0.2, 0.25) is 0 Å². The van der Waals surface area contributed by atoms with E-state index in [0.29, 0.717) is 5.29 Å². The second kappa shape index (κ2) is 14.9. The van der Waals surface area contributed by atoms with Gasteiger partial charge in [-0.25, -0.2) is 4.79 Å². The van der Waals surface area contributed by atoms with Gasteiger partial charge in [-0.3, -0.25) is 0 Å². The molecule has 0 rings (SSSR count). The zero-order valence-corrected chi connectivity index (χ0v) is 8.50. The van der Waals surface area contributed by atoms with Crippen molar-refractivity contribution in [2.75, 3.05) is 7.11 Å². The van der Waals surface area contributed by atoms with Crippen LogP contribution in [0.1, 0.15) is 6.92 Å². The second-order valence-electron chi connectivity index (χ2n) is 1.12.